The van der Waals surface area contributed by atoms with E-state index in [1.807, 2.05) is 0 Å². The molecule has 0 amide bonds. The predicted octanol–water partition coefficient (Wildman–Crippen LogP) is -1.13. The van der Waals surface area contributed by atoms with Gasteiger partial charge in [0, 0.05) is 12.6 Å². The number of hydrogen-bond acceptors (Lipinski definition) is 2. The maximum Gasteiger partial charge on any atom is 0.0165 e. The molecule has 8 heavy (non-hydrogen) atoms. The molecule has 0 unspecified atom stereocenters. The molecule has 1 aliphatic heterocycles. The van der Waals surface area contributed by atoms with E-state index in [-0.39, 0.29) is 5.48 Å². The van der Waals surface area contributed by atoms with Gasteiger partial charge in [-0.3, -0.25) is 0 Å². The van der Waals surface area contributed by atoms with Crippen LogP contribution in [0.5, 0.6) is 0 Å². The molecule has 1 saturated heterocycles. The van der Waals surface area contributed by atoms with Crippen LogP contribution in [0.4, 0.5) is 0 Å². The third kappa shape index (κ3) is 2.26. The zero-order valence-corrected chi connectivity index (χ0v) is 4.98. The Hall–Kier alpha value is -0.120. The molecule has 0 aromatic rings. The summed E-state index contributed by atoms with van der Waals surface area (Å²) in [5.74, 6) is 0. The van der Waals surface area contributed by atoms with Gasteiger partial charge in [0.1, 0.15) is 0 Å². The molecule has 0 aromatic heterocycles. The topological polar surface area (TPSA) is 69.5 Å². The molecule has 1 aliphatic rings. The second-order valence-corrected chi connectivity index (χ2v) is 2.11. The van der Waals surface area contributed by atoms with Crippen LogP contribution >= 0.6 is 0 Å². The lowest BCUT2D eigenvalue weighted by atomic mass is 10.1. The SMILES string of the molecule is N[C@@H]1CCCNC1.O. The molecule has 3 heteroatoms. The maximum absolute atomic E-state index is 5.57. The summed E-state index contributed by atoms with van der Waals surface area (Å²) < 4.78 is 0. The van der Waals surface area contributed by atoms with E-state index in [2.05, 4.69) is 5.32 Å². The van der Waals surface area contributed by atoms with E-state index >= 15 is 0 Å². The van der Waals surface area contributed by atoms with E-state index in [0.29, 0.717) is 6.04 Å². The molecular formula is C5H14N2O. The Kier molecular flexibility index (Phi) is 3.77. The summed E-state index contributed by atoms with van der Waals surface area (Å²) in [7, 11) is 0. The van der Waals surface area contributed by atoms with Crippen molar-refractivity contribution in [3.05, 3.63) is 0 Å². The third-order valence-corrected chi connectivity index (χ3v) is 1.33. The monoisotopic (exact) mass is 118 g/mol. The van der Waals surface area contributed by atoms with Crippen molar-refractivity contribution in [2.75, 3.05) is 13.1 Å². The number of nitrogens with two attached hydrogens (primary N) is 1. The van der Waals surface area contributed by atoms with E-state index in [9.17, 15) is 0 Å². The zero-order valence-electron chi connectivity index (χ0n) is 4.98. The van der Waals surface area contributed by atoms with Gasteiger partial charge in [-0.2, -0.15) is 0 Å². The van der Waals surface area contributed by atoms with Crippen molar-refractivity contribution in [3.63, 3.8) is 0 Å². The lowest BCUT2D eigenvalue weighted by Gasteiger charge is -2.17. The van der Waals surface area contributed by atoms with Gasteiger partial charge < -0.3 is 16.5 Å². The lowest BCUT2D eigenvalue weighted by molar-refractivity contribution is 0.459. The molecule has 0 aliphatic carbocycles. The minimum Gasteiger partial charge on any atom is -0.412 e. The van der Waals surface area contributed by atoms with Crippen LogP contribution in [0, 0.1) is 0 Å². The van der Waals surface area contributed by atoms with Gasteiger partial charge >= 0.3 is 0 Å². The van der Waals surface area contributed by atoms with Crippen molar-refractivity contribution in [1.29, 1.82) is 0 Å². The second kappa shape index (κ2) is 3.83. The molecule has 0 bridgehead atoms. The summed E-state index contributed by atoms with van der Waals surface area (Å²) in [6.07, 6.45) is 2.45. The molecule has 1 fully saturated rings. The first-order valence-electron chi connectivity index (χ1n) is 2.86. The first-order chi connectivity index (χ1) is 3.39. The predicted molar refractivity (Wildman–Crippen MR) is 33.7 cm³/mol. The maximum atomic E-state index is 5.57. The van der Waals surface area contributed by atoms with Gasteiger partial charge in [0.25, 0.3) is 0 Å². The molecule has 1 rings (SSSR count). The van der Waals surface area contributed by atoms with Crippen LogP contribution in [-0.4, -0.2) is 24.6 Å². The zero-order chi connectivity index (χ0) is 5.11. The summed E-state index contributed by atoms with van der Waals surface area (Å²) in [6.45, 7) is 2.17. The third-order valence-electron chi connectivity index (χ3n) is 1.33. The van der Waals surface area contributed by atoms with E-state index in [1.165, 1.54) is 12.8 Å². The van der Waals surface area contributed by atoms with Crippen molar-refractivity contribution < 1.29 is 5.48 Å². The van der Waals surface area contributed by atoms with Crippen molar-refractivity contribution in [2.45, 2.75) is 18.9 Å². The number of rotatable bonds is 0. The van der Waals surface area contributed by atoms with Gasteiger partial charge in [-0.05, 0) is 19.4 Å². The Labute approximate surface area is 49.6 Å². The van der Waals surface area contributed by atoms with Crippen LogP contribution in [0.3, 0.4) is 0 Å². The van der Waals surface area contributed by atoms with Crippen LogP contribution < -0.4 is 11.1 Å². The van der Waals surface area contributed by atoms with E-state index in [0.717, 1.165) is 13.1 Å². The highest BCUT2D eigenvalue weighted by Gasteiger charge is 2.05. The average molecular weight is 118 g/mol. The number of nitrogens with one attached hydrogen (secondary N) is 1. The Morgan fingerprint density at radius 2 is 2.25 bits per heavy atom. The first kappa shape index (κ1) is 7.88. The number of hydrogen-bond donors (Lipinski definition) is 2. The fourth-order valence-electron chi connectivity index (χ4n) is 0.879. The average Bonchev–Trinajstić information content (AvgIpc) is 1.69. The minimum atomic E-state index is 0. The molecule has 0 spiro atoms. The van der Waals surface area contributed by atoms with Crippen LogP contribution in [0.25, 0.3) is 0 Å². The van der Waals surface area contributed by atoms with Crippen molar-refractivity contribution in [1.82, 2.24) is 5.32 Å². The largest absolute Gasteiger partial charge is 0.412 e. The Bertz CT molecular complexity index is 52.4. The first-order valence-corrected chi connectivity index (χ1v) is 2.86. The second-order valence-electron chi connectivity index (χ2n) is 2.11. The van der Waals surface area contributed by atoms with E-state index in [4.69, 9.17) is 5.73 Å². The highest BCUT2D eigenvalue weighted by Crippen LogP contribution is 1.96. The van der Waals surface area contributed by atoms with E-state index < -0.39 is 0 Å². The summed E-state index contributed by atoms with van der Waals surface area (Å²) in [5.41, 5.74) is 5.57. The molecule has 1 heterocycles. The van der Waals surface area contributed by atoms with Gasteiger partial charge in [-0.1, -0.05) is 0 Å². The summed E-state index contributed by atoms with van der Waals surface area (Å²) in [4.78, 5) is 0. The van der Waals surface area contributed by atoms with Gasteiger partial charge in [0.05, 0.1) is 0 Å². The summed E-state index contributed by atoms with van der Waals surface area (Å²) in [5, 5.41) is 3.21. The normalized spacial score (nSPS) is 28.9. The molecule has 50 valence electrons. The fraction of sp³-hybridized carbons (Fsp3) is 1.00. The highest BCUT2D eigenvalue weighted by atomic mass is 16.0. The van der Waals surface area contributed by atoms with Gasteiger partial charge in [0.2, 0.25) is 0 Å². The van der Waals surface area contributed by atoms with Crippen LogP contribution in [0.15, 0.2) is 0 Å². The van der Waals surface area contributed by atoms with Crippen molar-refractivity contribution in [3.8, 4) is 0 Å². The summed E-state index contributed by atoms with van der Waals surface area (Å²) >= 11 is 0. The van der Waals surface area contributed by atoms with Crippen molar-refractivity contribution in [2.24, 2.45) is 5.73 Å². The van der Waals surface area contributed by atoms with Crippen molar-refractivity contribution >= 4 is 0 Å². The Morgan fingerprint density at radius 3 is 2.50 bits per heavy atom. The van der Waals surface area contributed by atoms with Crippen LogP contribution in [0.1, 0.15) is 12.8 Å². The lowest BCUT2D eigenvalue weighted by Crippen LogP contribution is -2.39. The molecule has 5 N–H and O–H groups in total. The Balaban J connectivity index is 0.000000490. The standard InChI is InChI=1S/C5H12N2.H2O/c6-5-2-1-3-7-4-5;/h5,7H,1-4,6H2;1H2/t5-;/m1./s1. The highest BCUT2D eigenvalue weighted by molar-refractivity contribution is 4.69. The van der Waals surface area contributed by atoms with Gasteiger partial charge in [-0.15, -0.1) is 0 Å². The van der Waals surface area contributed by atoms with E-state index in [1.54, 1.807) is 0 Å². The van der Waals surface area contributed by atoms with Crippen LogP contribution in [-0.2, 0) is 0 Å². The van der Waals surface area contributed by atoms with Gasteiger partial charge in [0.15, 0.2) is 0 Å². The van der Waals surface area contributed by atoms with Crippen LogP contribution in [0.2, 0.25) is 0 Å². The Morgan fingerprint density at radius 1 is 1.50 bits per heavy atom. The molecule has 0 saturated carbocycles. The molecular weight excluding hydrogens is 104 g/mol. The molecule has 0 radical (unpaired) electrons. The quantitative estimate of drug-likeness (QED) is 0.422. The summed E-state index contributed by atoms with van der Waals surface area (Å²) in [6, 6.07) is 0.425. The molecule has 3 nitrogen and oxygen atoms in total. The molecule has 0 aromatic carbocycles. The van der Waals surface area contributed by atoms with Gasteiger partial charge in [-0.25, -0.2) is 0 Å². The molecule has 1 atom stereocenters. The smallest absolute Gasteiger partial charge is 0.0165 e. The fourth-order valence-corrected chi connectivity index (χ4v) is 0.879. The minimum absolute atomic E-state index is 0. The number of piperidine rings is 1.